The maximum atomic E-state index is 12.0. The van der Waals surface area contributed by atoms with Crippen molar-refractivity contribution < 1.29 is 21.6 Å². The molecule has 1 aliphatic rings. The van der Waals surface area contributed by atoms with Crippen LogP contribution in [0.15, 0.2) is 0 Å². The second-order valence-corrected chi connectivity index (χ2v) is 9.25. The summed E-state index contributed by atoms with van der Waals surface area (Å²) in [6, 6.07) is -0.386. The maximum Gasteiger partial charge on any atom is 0.228 e. The van der Waals surface area contributed by atoms with Gasteiger partial charge in [-0.05, 0) is 19.8 Å². The van der Waals surface area contributed by atoms with E-state index in [9.17, 15) is 21.6 Å². The van der Waals surface area contributed by atoms with Crippen molar-refractivity contribution in [2.45, 2.75) is 38.6 Å². The van der Waals surface area contributed by atoms with Gasteiger partial charge in [0.15, 0.2) is 14.9 Å². The topological polar surface area (TPSA) is 88.6 Å². The molecular formula is C10H19NO5S2. The molecule has 0 aliphatic carbocycles. The minimum absolute atomic E-state index is 0.0820. The quantitative estimate of drug-likeness (QED) is 0.721. The fourth-order valence-corrected chi connectivity index (χ4v) is 5.96. The Labute approximate surface area is 108 Å². The molecule has 8 heteroatoms. The number of piperidine rings is 1. The normalized spacial score (nSPS) is 22.9. The Hall–Kier alpha value is -0.470. The van der Waals surface area contributed by atoms with Crippen LogP contribution in [-0.2, 0) is 24.7 Å². The summed E-state index contributed by atoms with van der Waals surface area (Å²) in [5.74, 6) is -0.0820. The van der Waals surface area contributed by atoms with Crippen LogP contribution in [0.3, 0.4) is 0 Å². The van der Waals surface area contributed by atoms with Crippen LogP contribution >= 0.6 is 0 Å². The van der Waals surface area contributed by atoms with Gasteiger partial charge in [0.2, 0.25) is 10.0 Å². The van der Waals surface area contributed by atoms with Crippen LogP contribution in [0.1, 0.15) is 32.6 Å². The summed E-state index contributed by atoms with van der Waals surface area (Å²) in [7, 11) is -7.44. The number of hydrogen-bond acceptors (Lipinski definition) is 5. The number of sulfone groups is 1. The number of carbonyl (C=O) groups is 1. The number of rotatable bonds is 5. The van der Waals surface area contributed by atoms with Crippen LogP contribution in [0.4, 0.5) is 0 Å². The van der Waals surface area contributed by atoms with Gasteiger partial charge in [-0.1, -0.05) is 6.42 Å². The molecule has 1 atom stereocenters. The lowest BCUT2D eigenvalue weighted by Gasteiger charge is -2.33. The zero-order valence-electron chi connectivity index (χ0n) is 10.6. The smallest absolute Gasteiger partial charge is 0.228 e. The van der Waals surface area contributed by atoms with Crippen molar-refractivity contribution in [3.63, 3.8) is 0 Å². The van der Waals surface area contributed by atoms with Gasteiger partial charge in [0.25, 0.3) is 0 Å². The minimum atomic E-state index is -3.84. The Morgan fingerprint density at radius 3 is 2.33 bits per heavy atom. The number of sulfonamides is 1. The first-order valence-corrected chi connectivity index (χ1v) is 9.45. The second-order valence-electron chi connectivity index (χ2n) is 4.82. The van der Waals surface area contributed by atoms with Crippen LogP contribution in [-0.4, -0.2) is 50.9 Å². The molecule has 1 aliphatic heterocycles. The Bertz CT molecular complexity index is 508. The van der Waals surface area contributed by atoms with E-state index in [-0.39, 0.29) is 18.2 Å². The highest BCUT2D eigenvalue weighted by Gasteiger charge is 2.34. The molecule has 0 spiro atoms. The Kier molecular flexibility index (Phi) is 4.90. The molecule has 0 N–H and O–H groups in total. The van der Waals surface area contributed by atoms with Crippen LogP contribution in [0.2, 0.25) is 0 Å². The lowest BCUT2D eigenvalue weighted by Crippen LogP contribution is -2.46. The van der Waals surface area contributed by atoms with Crippen molar-refractivity contribution in [3.8, 4) is 0 Å². The molecule has 0 amide bonds. The predicted octanol–water partition coefficient (Wildman–Crippen LogP) is 0.152. The van der Waals surface area contributed by atoms with Crippen LogP contribution in [0.5, 0.6) is 0 Å². The zero-order chi connectivity index (χ0) is 14.0. The first kappa shape index (κ1) is 15.6. The number of carbonyl (C=O) groups excluding carboxylic acids is 1. The molecule has 106 valence electrons. The molecule has 18 heavy (non-hydrogen) atoms. The molecule has 1 heterocycles. The summed E-state index contributed by atoms with van der Waals surface area (Å²) in [4.78, 5) is 11.1. The average molecular weight is 297 g/mol. The van der Waals surface area contributed by atoms with Gasteiger partial charge >= 0.3 is 0 Å². The average Bonchev–Trinajstić information content (AvgIpc) is 2.13. The van der Waals surface area contributed by atoms with Crippen LogP contribution in [0.25, 0.3) is 0 Å². The van der Waals surface area contributed by atoms with Crippen molar-refractivity contribution >= 4 is 25.6 Å². The van der Waals surface area contributed by atoms with E-state index in [0.29, 0.717) is 19.4 Å². The van der Waals surface area contributed by atoms with E-state index < -0.39 is 24.9 Å². The van der Waals surface area contributed by atoms with Gasteiger partial charge < -0.3 is 0 Å². The van der Waals surface area contributed by atoms with Crippen molar-refractivity contribution in [1.29, 1.82) is 0 Å². The fraction of sp³-hybridized carbons (Fsp3) is 0.900. The van der Waals surface area contributed by atoms with Gasteiger partial charge in [-0.15, -0.1) is 0 Å². The monoisotopic (exact) mass is 297 g/mol. The molecule has 0 radical (unpaired) electrons. The molecule has 1 saturated heterocycles. The summed E-state index contributed by atoms with van der Waals surface area (Å²) in [5.41, 5.74) is 0. The SMILES string of the molecule is CC(=O)CC1CCCCN1S(=O)(=O)CS(C)(=O)=O. The van der Waals surface area contributed by atoms with E-state index >= 15 is 0 Å². The molecule has 1 fully saturated rings. The molecule has 0 bridgehead atoms. The maximum absolute atomic E-state index is 12.0. The highest BCUT2D eigenvalue weighted by atomic mass is 32.3. The largest absolute Gasteiger partial charge is 0.300 e. The van der Waals surface area contributed by atoms with E-state index in [2.05, 4.69) is 0 Å². The summed E-state index contributed by atoms with van der Waals surface area (Å²) in [5, 5.41) is -0.881. The van der Waals surface area contributed by atoms with Gasteiger partial charge in [0.05, 0.1) is 0 Å². The van der Waals surface area contributed by atoms with E-state index in [0.717, 1.165) is 12.7 Å². The second kappa shape index (κ2) is 5.66. The van der Waals surface area contributed by atoms with Crippen molar-refractivity contribution in [3.05, 3.63) is 0 Å². The van der Waals surface area contributed by atoms with Crippen molar-refractivity contribution in [2.24, 2.45) is 0 Å². The third kappa shape index (κ3) is 4.66. The molecule has 0 aromatic heterocycles. The van der Waals surface area contributed by atoms with Gasteiger partial charge in [-0.3, -0.25) is 4.79 Å². The Morgan fingerprint density at radius 1 is 1.22 bits per heavy atom. The third-order valence-corrected chi connectivity index (χ3v) is 6.92. The van der Waals surface area contributed by atoms with Gasteiger partial charge in [-0.2, -0.15) is 4.31 Å². The molecule has 0 aromatic carbocycles. The summed E-state index contributed by atoms with van der Waals surface area (Å²) < 4.78 is 47.5. The molecular weight excluding hydrogens is 278 g/mol. The fourth-order valence-electron chi connectivity index (χ4n) is 2.21. The summed E-state index contributed by atoms with van der Waals surface area (Å²) in [6.45, 7) is 1.71. The minimum Gasteiger partial charge on any atom is -0.300 e. The number of nitrogens with zero attached hydrogens (tertiary/aromatic N) is 1. The molecule has 0 saturated carbocycles. The molecule has 0 aromatic rings. The Balaban J connectivity index is 2.92. The summed E-state index contributed by atoms with van der Waals surface area (Å²) in [6.07, 6.45) is 3.24. The van der Waals surface area contributed by atoms with E-state index in [1.54, 1.807) is 0 Å². The van der Waals surface area contributed by atoms with Gasteiger partial charge in [0, 0.05) is 25.3 Å². The standard InChI is InChI=1S/C10H19NO5S2/c1-9(12)7-10-5-3-4-6-11(10)18(15,16)8-17(2,13)14/h10H,3-8H2,1-2H3. The predicted molar refractivity (Wildman–Crippen MR) is 68.3 cm³/mol. The zero-order valence-corrected chi connectivity index (χ0v) is 12.3. The third-order valence-electron chi connectivity index (χ3n) is 2.82. The van der Waals surface area contributed by atoms with E-state index in [1.165, 1.54) is 11.2 Å². The van der Waals surface area contributed by atoms with Crippen molar-refractivity contribution in [1.82, 2.24) is 4.31 Å². The first-order chi connectivity index (χ1) is 8.12. The van der Waals surface area contributed by atoms with E-state index in [1.807, 2.05) is 0 Å². The van der Waals surface area contributed by atoms with Crippen LogP contribution < -0.4 is 0 Å². The van der Waals surface area contributed by atoms with Crippen molar-refractivity contribution in [2.75, 3.05) is 17.9 Å². The lowest BCUT2D eigenvalue weighted by molar-refractivity contribution is -0.118. The molecule has 1 unspecified atom stereocenters. The molecule has 6 nitrogen and oxygen atoms in total. The summed E-state index contributed by atoms with van der Waals surface area (Å²) >= 11 is 0. The van der Waals surface area contributed by atoms with Gasteiger partial charge in [0.1, 0.15) is 5.78 Å². The Morgan fingerprint density at radius 2 is 1.83 bits per heavy atom. The molecule has 1 rings (SSSR count). The van der Waals surface area contributed by atoms with E-state index in [4.69, 9.17) is 0 Å². The van der Waals surface area contributed by atoms with Gasteiger partial charge in [-0.25, -0.2) is 16.8 Å². The lowest BCUT2D eigenvalue weighted by atomic mass is 10.0. The number of hydrogen-bond donors (Lipinski definition) is 0. The highest BCUT2D eigenvalue weighted by Crippen LogP contribution is 2.23. The first-order valence-electron chi connectivity index (χ1n) is 5.78. The number of ketones is 1. The van der Waals surface area contributed by atoms with Crippen LogP contribution in [0, 0.1) is 0 Å². The number of Topliss-reactive ketones (excluding diaryl/α,β-unsaturated/α-hetero) is 1. The highest BCUT2D eigenvalue weighted by molar-refractivity contribution is 8.06.